The maximum atomic E-state index is 9.57. The van der Waals surface area contributed by atoms with Crippen molar-refractivity contribution in [1.29, 1.82) is 0 Å². The van der Waals surface area contributed by atoms with E-state index in [1.807, 2.05) is 0 Å². The van der Waals surface area contributed by atoms with E-state index in [0.717, 1.165) is 27.7 Å². The minimum absolute atomic E-state index is 0.0417. The van der Waals surface area contributed by atoms with Crippen LogP contribution in [0.3, 0.4) is 0 Å². The van der Waals surface area contributed by atoms with Gasteiger partial charge in [-0.1, -0.05) is 0 Å². The van der Waals surface area contributed by atoms with Crippen LogP contribution >= 0.6 is 0 Å². The van der Waals surface area contributed by atoms with Gasteiger partial charge in [0.05, 0.1) is 6.54 Å². The molecule has 0 fully saturated rings. The van der Waals surface area contributed by atoms with Crippen LogP contribution in [0.2, 0.25) is 0 Å². The lowest BCUT2D eigenvalue weighted by molar-refractivity contribution is -0.138. The minimum Gasteiger partial charge on any atom is -0.481 e. The van der Waals surface area contributed by atoms with E-state index in [1.165, 1.54) is 6.92 Å². The Labute approximate surface area is 161 Å². The molecule has 0 bridgehead atoms. The molecule has 0 saturated heterocycles. The third-order valence-electron chi connectivity index (χ3n) is 0.718. The lowest BCUT2D eigenvalue weighted by atomic mass is 10.4. The van der Waals surface area contributed by atoms with E-state index >= 15 is 0 Å². The third kappa shape index (κ3) is 768. The maximum absolute atomic E-state index is 9.57. The first-order valence-corrected chi connectivity index (χ1v) is 6.97. The second-order valence-electron chi connectivity index (χ2n) is 4.13. The van der Waals surface area contributed by atoms with Gasteiger partial charge in [0.1, 0.15) is 6.04 Å². The molecule has 9 N–H and O–H groups in total. The Kier molecular flexibility index (Phi) is 44.7. The molecule has 0 aromatic rings. The molecular weight excluding hydrogens is 388 g/mol. The Morgan fingerprint density at radius 3 is 0.857 bits per heavy atom. The molecule has 0 heterocycles. The van der Waals surface area contributed by atoms with E-state index in [1.54, 1.807) is 7.05 Å². The van der Waals surface area contributed by atoms with Crippen molar-refractivity contribution in [1.82, 2.24) is 5.32 Å². The number of likely N-dealkylation sites (N-methyl/N-ethyl adjacent to an activating group) is 1. The molecule has 168 valence electrons. The summed E-state index contributed by atoms with van der Waals surface area (Å²) in [4.78, 5) is 55.1. The molecule has 0 unspecified atom stereocenters. The summed E-state index contributed by atoms with van der Waals surface area (Å²) in [7, 11) is 1.59. The van der Waals surface area contributed by atoms with Crippen LogP contribution in [0.15, 0.2) is 0 Å². The predicted molar refractivity (Wildman–Crippen MR) is 96.1 cm³/mol. The number of nitrogens with one attached hydrogen (secondary N) is 1. The van der Waals surface area contributed by atoms with Crippen molar-refractivity contribution in [3.05, 3.63) is 0 Å². The van der Waals surface area contributed by atoms with Gasteiger partial charge in [0.2, 0.25) is 0 Å². The van der Waals surface area contributed by atoms with Gasteiger partial charge in [-0.2, -0.15) is 0 Å². The van der Waals surface area contributed by atoms with Crippen LogP contribution in [-0.4, -0.2) is 86.1 Å². The van der Waals surface area contributed by atoms with E-state index in [-0.39, 0.29) is 6.54 Å². The summed E-state index contributed by atoms with van der Waals surface area (Å²) in [6.07, 6.45) is 0. The third-order valence-corrected chi connectivity index (χ3v) is 0.718. The fraction of sp³-hybridized carbons (Fsp3) is 0.571. The first-order valence-electron chi connectivity index (χ1n) is 6.97. The second-order valence-corrected chi connectivity index (χ2v) is 4.13. The highest BCUT2D eigenvalue weighted by molar-refractivity contribution is 5.72. The highest BCUT2D eigenvalue weighted by Gasteiger charge is 1.99. The summed E-state index contributed by atoms with van der Waals surface area (Å²) < 4.78 is 0. The number of hydrogen-bond donors (Lipinski definition) is 8. The normalized spacial score (nSPS) is 8.25. The lowest BCUT2D eigenvalue weighted by Gasteiger charge is -1.90. The van der Waals surface area contributed by atoms with Gasteiger partial charge in [0.25, 0.3) is 23.9 Å². The zero-order valence-corrected chi connectivity index (χ0v) is 16.5. The van der Waals surface area contributed by atoms with Crippen molar-refractivity contribution in [3.63, 3.8) is 0 Å². The first kappa shape index (κ1) is 39.7. The minimum atomic E-state index is -0.963. The Hall–Kier alpha value is -3.26. The van der Waals surface area contributed by atoms with Gasteiger partial charge in [-0.3, -0.25) is 28.8 Å². The van der Waals surface area contributed by atoms with Crippen LogP contribution in [0.25, 0.3) is 0 Å². The molecule has 0 aliphatic heterocycles. The molecule has 0 aliphatic carbocycles. The summed E-state index contributed by atoms with van der Waals surface area (Å²) in [5.41, 5.74) is 4.84. The molecule has 0 aromatic heterocycles. The Morgan fingerprint density at radius 2 is 0.857 bits per heavy atom. The van der Waals surface area contributed by atoms with Crippen LogP contribution in [-0.2, 0) is 28.8 Å². The largest absolute Gasteiger partial charge is 0.481 e. The molecule has 0 rings (SSSR count). The maximum Gasteiger partial charge on any atom is 0.320 e. The van der Waals surface area contributed by atoms with Crippen molar-refractivity contribution in [2.24, 2.45) is 5.73 Å². The molecular formula is C14H30N2O12. The van der Waals surface area contributed by atoms with Crippen molar-refractivity contribution in [3.8, 4) is 0 Å². The van der Waals surface area contributed by atoms with Gasteiger partial charge in [0, 0.05) is 27.7 Å². The molecule has 0 spiro atoms. The Bertz CT molecular complexity index is 386. The second kappa shape index (κ2) is 31.5. The summed E-state index contributed by atoms with van der Waals surface area (Å²) in [6, 6.07) is -0.731. The van der Waals surface area contributed by atoms with Crippen LogP contribution in [0, 0.1) is 0 Å². The molecule has 0 amide bonds. The quantitative estimate of drug-likeness (QED) is 0.275. The van der Waals surface area contributed by atoms with E-state index in [0.29, 0.717) is 0 Å². The predicted octanol–water partition coefficient (Wildman–Crippen LogP) is -0.928. The van der Waals surface area contributed by atoms with Crippen molar-refractivity contribution in [2.75, 3.05) is 13.6 Å². The van der Waals surface area contributed by atoms with Crippen LogP contribution in [0.4, 0.5) is 0 Å². The van der Waals surface area contributed by atoms with Crippen molar-refractivity contribution in [2.45, 2.75) is 40.7 Å². The zero-order valence-electron chi connectivity index (χ0n) is 16.5. The highest BCUT2D eigenvalue weighted by Crippen LogP contribution is 1.68. The summed E-state index contributed by atoms with van der Waals surface area (Å²) in [5, 5.41) is 47.9. The fourth-order valence-corrected chi connectivity index (χ4v) is 0.151. The Balaban J connectivity index is -0.0000000525. The van der Waals surface area contributed by atoms with E-state index in [9.17, 15) is 9.59 Å². The highest BCUT2D eigenvalue weighted by atomic mass is 16.4. The van der Waals surface area contributed by atoms with Gasteiger partial charge in [0.15, 0.2) is 0 Å². The molecule has 14 nitrogen and oxygen atoms in total. The summed E-state index contributed by atoms with van der Waals surface area (Å²) in [6.45, 7) is 5.79. The standard InChI is InChI=1S/2C3H7NO2.4C2H4O2/c1-4-2-3(5)6;1-2(4)3(5)6;4*1-2(3)4/h4H,2H2,1H3,(H,5,6);2H,4H2,1H3,(H,5,6);4*1H3,(H,3,4)/t;2-;;;;/m.0..../s1. The Morgan fingerprint density at radius 1 is 0.714 bits per heavy atom. The number of rotatable bonds is 3. The summed E-state index contributed by atoms with van der Waals surface area (Å²) >= 11 is 0. The fourth-order valence-electron chi connectivity index (χ4n) is 0.151. The topological polar surface area (TPSA) is 262 Å². The summed E-state index contributed by atoms with van der Waals surface area (Å²) in [5.74, 6) is -5.12. The van der Waals surface area contributed by atoms with Gasteiger partial charge in [-0.05, 0) is 14.0 Å². The molecule has 0 aliphatic rings. The lowest BCUT2D eigenvalue weighted by Crippen LogP contribution is -2.25. The number of carboxylic acid groups (broad SMARTS) is 6. The molecule has 14 heteroatoms. The van der Waals surface area contributed by atoms with Crippen LogP contribution < -0.4 is 11.1 Å². The molecule has 0 radical (unpaired) electrons. The first-order chi connectivity index (χ1) is 12.3. The van der Waals surface area contributed by atoms with Crippen molar-refractivity contribution < 1.29 is 59.4 Å². The van der Waals surface area contributed by atoms with E-state index < -0.39 is 41.9 Å². The number of aliphatic carboxylic acids is 6. The zero-order chi connectivity index (χ0) is 24.5. The van der Waals surface area contributed by atoms with Crippen LogP contribution in [0.5, 0.6) is 0 Å². The van der Waals surface area contributed by atoms with Crippen LogP contribution in [0.1, 0.15) is 34.6 Å². The van der Waals surface area contributed by atoms with Gasteiger partial charge >= 0.3 is 11.9 Å². The number of carbonyl (C=O) groups is 6. The number of nitrogens with two attached hydrogens (primary N) is 1. The number of carboxylic acids is 6. The molecule has 28 heavy (non-hydrogen) atoms. The van der Waals surface area contributed by atoms with Gasteiger partial charge in [-0.15, -0.1) is 0 Å². The monoisotopic (exact) mass is 418 g/mol. The smallest absolute Gasteiger partial charge is 0.320 e. The average Bonchev–Trinajstić information content (AvgIpc) is 2.35. The van der Waals surface area contributed by atoms with E-state index in [2.05, 4.69) is 5.32 Å². The van der Waals surface area contributed by atoms with Gasteiger partial charge < -0.3 is 41.7 Å². The number of hydrogen-bond acceptors (Lipinski definition) is 8. The van der Waals surface area contributed by atoms with E-state index in [4.69, 9.17) is 55.6 Å². The molecule has 1 atom stereocenters. The molecule has 0 aromatic carbocycles. The average molecular weight is 418 g/mol. The van der Waals surface area contributed by atoms with Gasteiger partial charge in [-0.25, -0.2) is 0 Å². The SMILES string of the molecule is CC(=O)O.CC(=O)O.CC(=O)O.CC(=O)O.CNCC(=O)O.C[C@H](N)C(=O)O. The van der Waals surface area contributed by atoms with Crippen molar-refractivity contribution >= 4 is 35.8 Å². The molecule has 0 saturated carbocycles.